The van der Waals surface area contributed by atoms with Gasteiger partial charge in [-0.3, -0.25) is 15.0 Å². The minimum Gasteiger partial charge on any atom is -0.298 e. The number of rotatable bonds is 1. The van der Waals surface area contributed by atoms with E-state index in [4.69, 9.17) is 0 Å². The second kappa shape index (κ2) is 3.70. The second-order valence-corrected chi connectivity index (χ2v) is 3.68. The van der Waals surface area contributed by atoms with Gasteiger partial charge in [-0.25, -0.2) is 0 Å². The summed E-state index contributed by atoms with van der Waals surface area (Å²) in [5.41, 5.74) is -0.0652. The third-order valence-electron chi connectivity index (χ3n) is 2.61. The molecule has 3 heteroatoms. The van der Waals surface area contributed by atoms with E-state index in [1.54, 1.807) is 0 Å². The van der Waals surface area contributed by atoms with Crippen molar-refractivity contribution in [3.63, 3.8) is 0 Å². The van der Waals surface area contributed by atoms with E-state index in [9.17, 15) is 4.79 Å². The van der Waals surface area contributed by atoms with Crippen LogP contribution in [0.5, 0.6) is 0 Å². The first-order valence-electron chi connectivity index (χ1n) is 4.90. The maximum atomic E-state index is 11.3. The average Bonchev–Trinajstić information content (AvgIpc) is 2.51. The Balaban J connectivity index is 2.39. The molecule has 0 fully saturated rings. The molecule has 1 aliphatic rings. The van der Waals surface area contributed by atoms with Gasteiger partial charge in [-0.15, -0.1) is 0 Å². The quantitative estimate of drug-likeness (QED) is 0.613. The highest BCUT2D eigenvalue weighted by Crippen LogP contribution is 2.18. The zero-order valence-corrected chi connectivity index (χ0v) is 8.05. The molecule has 3 nitrogen and oxygen atoms in total. The number of H-pyrrole nitrogens is 2. The Morgan fingerprint density at radius 3 is 2.86 bits per heavy atom. The number of hydrogen-bond donors (Lipinski definition) is 2. The number of hydrogen-bond acceptors (Lipinski definition) is 1. The van der Waals surface area contributed by atoms with Crippen molar-refractivity contribution in [1.29, 1.82) is 0 Å². The van der Waals surface area contributed by atoms with Crippen LogP contribution in [0, 0.1) is 5.92 Å². The fourth-order valence-electron chi connectivity index (χ4n) is 1.78. The monoisotopic (exact) mass is 190 g/mol. The Morgan fingerprint density at radius 2 is 2.29 bits per heavy atom. The van der Waals surface area contributed by atoms with E-state index in [1.165, 1.54) is 0 Å². The summed E-state index contributed by atoms with van der Waals surface area (Å²) in [4.78, 5) is 11.3. The molecule has 0 saturated carbocycles. The fraction of sp³-hybridized carbons (Fsp3) is 0.364. The summed E-state index contributed by atoms with van der Waals surface area (Å²) in [6, 6.07) is 0. The van der Waals surface area contributed by atoms with Gasteiger partial charge in [0, 0.05) is 0 Å². The summed E-state index contributed by atoms with van der Waals surface area (Å²) in [5.74, 6) is 0.484. The third-order valence-corrected chi connectivity index (χ3v) is 2.61. The van der Waals surface area contributed by atoms with Crippen LogP contribution in [-0.4, -0.2) is 10.2 Å². The molecule has 0 aliphatic heterocycles. The van der Waals surface area contributed by atoms with E-state index in [-0.39, 0.29) is 5.56 Å². The topological polar surface area (TPSA) is 48.6 Å². The van der Waals surface area contributed by atoms with Gasteiger partial charge >= 0.3 is 0 Å². The Morgan fingerprint density at radius 1 is 1.43 bits per heavy atom. The first-order chi connectivity index (χ1) is 6.77. The van der Waals surface area contributed by atoms with Crippen molar-refractivity contribution in [2.75, 3.05) is 0 Å². The third kappa shape index (κ3) is 1.71. The van der Waals surface area contributed by atoms with Crippen LogP contribution in [0.2, 0.25) is 0 Å². The highest BCUT2D eigenvalue weighted by molar-refractivity contribution is 5.27. The van der Waals surface area contributed by atoms with Crippen molar-refractivity contribution < 1.29 is 0 Å². The minimum absolute atomic E-state index is 0.0652. The predicted octanol–water partition coefficient (Wildman–Crippen LogP) is 0.250. The molecule has 0 bridgehead atoms. The van der Waals surface area contributed by atoms with Gasteiger partial charge in [0.15, 0.2) is 0 Å². The number of allylic oxidation sites excluding steroid dienone is 2. The van der Waals surface area contributed by atoms with E-state index in [0.717, 1.165) is 19.3 Å². The number of aromatic amines is 2. The van der Waals surface area contributed by atoms with Crippen molar-refractivity contribution in [1.82, 2.24) is 10.2 Å². The van der Waals surface area contributed by atoms with Crippen LogP contribution < -0.4 is 16.1 Å². The Kier molecular flexibility index (Phi) is 2.39. The first-order valence-corrected chi connectivity index (χ1v) is 4.90. The average molecular weight is 190 g/mol. The van der Waals surface area contributed by atoms with Crippen molar-refractivity contribution in [2.24, 2.45) is 5.92 Å². The van der Waals surface area contributed by atoms with E-state index >= 15 is 0 Å². The molecule has 74 valence electrons. The number of aromatic nitrogens is 2. The summed E-state index contributed by atoms with van der Waals surface area (Å²) < 4.78 is 0. The second-order valence-electron chi connectivity index (χ2n) is 3.68. The van der Waals surface area contributed by atoms with E-state index in [1.807, 2.05) is 6.08 Å². The van der Waals surface area contributed by atoms with Crippen LogP contribution >= 0.6 is 0 Å². The maximum absolute atomic E-state index is 11.3. The summed E-state index contributed by atoms with van der Waals surface area (Å²) in [5, 5.41) is 6.65. The van der Waals surface area contributed by atoms with E-state index < -0.39 is 0 Å². The van der Waals surface area contributed by atoms with Crippen molar-refractivity contribution in [3.8, 4) is 0 Å². The van der Waals surface area contributed by atoms with Crippen LogP contribution in [0.1, 0.15) is 19.3 Å². The molecule has 2 rings (SSSR count). The van der Waals surface area contributed by atoms with Gasteiger partial charge in [-0.2, -0.15) is 0 Å². The smallest absolute Gasteiger partial charge is 0.271 e. The molecule has 14 heavy (non-hydrogen) atoms. The molecular weight excluding hydrogens is 176 g/mol. The van der Waals surface area contributed by atoms with Crippen LogP contribution in [0.15, 0.2) is 16.9 Å². The lowest BCUT2D eigenvalue weighted by atomic mass is 9.94. The van der Waals surface area contributed by atoms with Crippen molar-refractivity contribution in [3.05, 3.63) is 33.1 Å². The van der Waals surface area contributed by atoms with Gasteiger partial charge in [0.25, 0.3) is 5.56 Å². The Bertz CT molecular complexity index is 462. The first kappa shape index (κ1) is 9.06. The predicted molar refractivity (Wildman–Crippen MR) is 57.1 cm³/mol. The lowest BCUT2D eigenvalue weighted by Gasteiger charge is -2.11. The summed E-state index contributed by atoms with van der Waals surface area (Å²) in [6.07, 6.45) is 9.66. The molecule has 2 N–H and O–H groups in total. The van der Waals surface area contributed by atoms with Gasteiger partial charge in [0.1, 0.15) is 0 Å². The number of nitrogens with one attached hydrogen (secondary N) is 2. The zero-order chi connectivity index (χ0) is 9.97. The Labute approximate surface area is 81.8 Å². The van der Waals surface area contributed by atoms with Crippen molar-refractivity contribution >= 4 is 12.7 Å². The molecular formula is C11H14N2O. The summed E-state index contributed by atoms with van der Waals surface area (Å²) in [7, 11) is 0. The summed E-state index contributed by atoms with van der Waals surface area (Å²) in [6.45, 7) is 3.77. The molecule has 0 radical (unpaired) electrons. The molecule has 0 aromatic carbocycles. The lowest BCUT2D eigenvalue weighted by Crippen LogP contribution is -2.33. The van der Waals surface area contributed by atoms with Crippen LogP contribution in [0.25, 0.3) is 12.7 Å². The molecule has 1 aliphatic carbocycles. The highest BCUT2D eigenvalue weighted by Gasteiger charge is 2.06. The molecule has 1 aromatic heterocycles. The SMILES string of the molecule is C=c1[nH][nH]c(=O)/c1=C\[C@@H]1CC=CCC1. The van der Waals surface area contributed by atoms with Crippen molar-refractivity contribution in [2.45, 2.75) is 19.3 Å². The largest absolute Gasteiger partial charge is 0.298 e. The minimum atomic E-state index is -0.0652. The molecule has 1 aromatic rings. The fourth-order valence-corrected chi connectivity index (χ4v) is 1.78. The molecule has 1 heterocycles. The Hall–Kier alpha value is -1.51. The highest BCUT2D eigenvalue weighted by atomic mass is 16.1. The maximum Gasteiger partial charge on any atom is 0.271 e. The lowest BCUT2D eigenvalue weighted by molar-refractivity contribution is 0.612. The standard InChI is InChI=1S/C11H14N2O/c1-8-10(11(14)13-12-8)7-9-5-3-2-4-6-9/h2-3,7,9,12H,1,4-6H2,(H,13,14)/b10-7-/t9-/m1/s1. The van der Waals surface area contributed by atoms with Gasteiger partial charge in [0.2, 0.25) is 0 Å². The summed E-state index contributed by atoms with van der Waals surface area (Å²) >= 11 is 0. The molecule has 1 atom stereocenters. The van der Waals surface area contributed by atoms with Gasteiger partial charge in [-0.1, -0.05) is 24.8 Å². The normalized spacial score (nSPS) is 22.9. The van der Waals surface area contributed by atoms with Gasteiger partial charge < -0.3 is 0 Å². The zero-order valence-electron chi connectivity index (χ0n) is 8.05. The van der Waals surface area contributed by atoms with Crippen LogP contribution in [0.4, 0.5) is 0 Å². The molecule has 0 saturated heterocycles. The van der Waals surface area contributed by atoms with E-state index in [2.05, 4.69) is 28.9 Å². The van der Waals surface area contributed by atoms with Gasteiger partial charge in [-0.05, 0) is 25.2 Å². The molecule has 0 spiro atoms. The van der Waals surface area contributed by atoms with Gasteiger partial charge in [0.05, 0.1) is 10.6 Å². The van der Waals surface area contributed by atoms with E-state index in [0.29, 0.717) is 16.5 Å². The molecule has 0 amide bonds. The van der Waals surface area contributed by atoms with Crippen LogP contribution in [-0.2, 0) is 0 Å². The molecule has 0 unspecified atom stereocenters. The van der Waals surface area contributed by atoms with Crippen LogP contribution in [0.3, 0.4) is 0 Å².